The van der Waals surface area contributed by atoms with E-state index in [-0.39, 0.29) is 5.95 Å². The Hall–Kier alpha value is -2.57. The fourth-order valence-corrected chi connectivity index (χ4v) is 1.16. The summed E-state index contributed by atoms with van der Waals surface area (Å²) < 4.78 is 0. The molecular formula is C10H11N7. The fraction of sp³-hybridized carbons (Fsp3) is 0.100. The number of nitrogens with zero attached hydrogens (tertiary/aromatic N) is 5. The molecule has 0 aromatic carbocycles. The zero-order valence-corrected chi connectivity index (χ0v) is 9.20. The summed E-state index contributed by atoms with van der Waals surface area (Å²) in [4.78, 5) is 15.8. The Balaban J connectivity index is 2.05. The maximum Gasteiger partial charge on any atom is 0.248 e. The second kappa shape index (κ2) is 4.97. The van der Waals surface area contributed by atoms with Crippen LogP contribution in [0.25, 0.3) is 0 Å². The SMILES string of the molecule is Cc1nc(N)nc(NN=Cc2ccccn2)n1. The summed E-state index contributed by atoms with van der Waals surface area (Å²) in [5.41, 5.74) is 8.87. The first-order valence-corrected chi connectivity index (χ1v) is 4.92. The molecule has 2 heterocycles. The van der Waals surface area contributed by atoms with E-state index in [0.29, 0.717) is 11.8 Å². The van der Waals surface area contributed by atoms with Gasteiger partial charge in [0.25, 0.3) is 0 Å². The van der Waals surface area contributed by atoms with Crippen molar-refractivity contribution in [3.8, 4) is 0 Å². The Labute approximate surface area is 97.9 Å². The normalized spacial score (nSPS) is 10.6. The monoisotopic (exact) mass is 229 g/mol. The number of hydrogen-bond donors (Lipinski definition) is 2. The van der Waals surface area contributed by atoms with Crippen molar-refractivity contribution in [2.24, 2.45) is 5.10 Å². The minimum Gasteiger partial charge on any atom is -0.368 e. The molecule has 0 saturated heterocycles. The minimum atomic E-state index is 0.160. The number of nitrogen functional groups attached to an aromatic ring is 1. The molecule has 0 spiro atoms. The average Bonchev–Trinajstić information content (AvgIpc) is 2.29. The van der Waals surface area contributed by atoms with E-state index in [1.54, 1.807) is 19.3 Å². The van der Waals surface area contributed by atoms with Crippen molar-refractivity contribution in [2.45, 2.75) is 6.92 Å². The molecule has 0 bridgehead atoms. The van der Waals surface area contributed by atoms with Gasteiger partial charge in [0.2, 0.25) is 11.9 Å². The predicted molar refractivity (Wildman–Crippen MR) is 64.4 cm³/mol. The van der Waals surface area contributed by atoms with Crippen molar-refractivity contribution in [1.29, 1.82) is 0 Å². The highest BCUT2D eigenvalue weighted by molar-refractivity contribution is 5.77. The van der Waals surface area contributed by atoms with Crippen LogP contribution in [0.4, 0.5) is 11.9 Å². The molecule has 2 aromatic heterocycles. The zero-order valence-electron chi connectivity index (χ0n) is 9.20. The lowest BCUT2D eigenvalue weighted by Crippen LogP contribution is -2.04. The van der Waals surface area contributed by atoms with Crippen molar-refractivity contribution in [3.05, 3.63) is 35.9 Å². The number of nitrogens with two attached hydrogens (primary N) is 1. The van der Waals surface area contributed by atoms with Gasteiger partial charge in [-0.05, 0) is 19.1 Å². The Bertz CT molecular complexity index is 503. The number of nitrogens with one attached hydrogen (secondary N) is 1. The molecule has 0 amide bonds. The van der Waals surface area contributed by atoms with Gasteiger partial charge < -0.3 is 5.73 Å². The molecule has 17 heavy (non-hydrogen) atoms. The topological polar surface area (TPSA) is 102 Å². The molecule has 2 rings (SSSR count). The van der Waals surface area contributed by atoms with Gasteiger partial charge in [-0.1, -0.05) is 6.07 Å². The van der Waals surface area contributed by atoms with Crippen LogP contribution >= 0.6 is 0 Å². The summed E-state index contributed by atoms with van der Waals surface area (Å²) in [6.45, 7) is 1.73. The van der Waals surface area contributed by atoms with E-state index in [0.717, 1.165) is 5.69 Å². The van der Waals surface area contributed by atoms with E-state index < -0.39 is 0 Å². The summed E-state index contributed by atoms with van der Waals surface area (Å²) in [6.07, 6.45) is 3.25. The summed E-state index contributed by atoms with van der Waals surface area (Å²) in [6, 6.07) is 5.54. The van der Waals surface area contributed by atoms with E-state index in [1.807, 2.05) is 18.2 Å². The summed E-state index contributed by atoms with van der Waals surface area (Å²) in [5.74, 6) is 1.00. The lowest BCUT2D eigenvalue weighted by atomic mass is 10.4. The number of hydrogen-bond acceptors (Lipinski definition) is 7. The Morgan fingerprint density at radius 2 is 2.18 bits per heavy atom. The number of aryl methyl sites for hydroxylation is 1. The van der Waals surface area contributed by atoms with Gasteiger partial charge in [0.1, 0.15) is 5.82 Å². The zero-order chi connectivity index (χ0) is 12.1. The molecule has 0 radical (unpaired) electrons. The van der Waals surface area contributed by atoms with Crippen LogP contribution in [0.15, 0.2) is 29.5 Å². The van der Waals surface area contributed by atoms with Gasteiger partial charge in [-0.2, -0.15) is 20.1 Å². The maximum atomic E-state index is 5.48. The van der Waals surface area contributed by atoms with E-state index in [2.05, 4.69) is 30.5 Å². The van der Waals surface area contributed by atoms with Crippen molar-refractivity contribution < 1.29 is 0 Å². The van der Waals surface area contributed by atoms with Crippen LogP contribution in [0, 0.1) is 6.92 Å². The molecule has 7 nitrogen and oxygen atoms in total. The molecule has 0 fully saturated rings. The van der Waals surface area contributed by atoms with Gasteiger partial charge in [-0.15, -0.1) is 0 Å². The number of hydrazone groups is 1. The first-order valence-electron chi connectivity index (χ1n) is 4.92. The predicted octanol–water partition coefficient (Wildman–Crippen LogP) is 0.603. The minimum absolute atomic E-state index is 0.160. The first-order chi connectivity index (χ1) is 8.24. The van der Waals surface area contributed by atoms with Crippen LogP contribution in [0.5, 0.6) is 0 Å². The van der Waals surface area contributed by atoms with E-state index in [9.17, 15) is 0 Å². The third kappa shape index (κ3) is 3.20. The van der Waals surface area contributed by atoms with Crippen LogP contribution in [0.1, 0.15) is 11.5 Å². The molecule has 0 aliphatic carbocycles. The highest BCUT2D eigenvalue weighted by Gasteiger charge is 1.98. The first kappa shape index (κ1) is 10.9. The molecular weight excluding hydrogens is 218 g/mol. The maximum absolute atomic E-state index is 5.48. The average molecular weight is 229 g/mol. The molecule has 86 valence electrons. The summed E-state index contributed by atoms with van der Waals surface area (Å²) >= 11 is 0. The molecule has 3 N–H and O–H groups in total. The second-order valence-corrected chi connectivity index (χ2v) is 3.19. The Kier molecular flexibility index (Phi) is 3.20. The highest BCUT2D eigenvalue weighted by Crippen LogP contribution is 2.01. The van der Waals surface area contributed by atoms with E-state index in [1.165, 1.54) is 0 Å². The lowest BCUT2D eigenvalue weighted by Gasteiger charge is -2.00. The fourth-order valence-electron chi connectivity index (χ4n) is 1.16. The molecule has 2 aromatic rings. The third-order valence-electron chi connectivity index (χ3n) is 1.81. The van der Waals surface area contributed by atoms with Gasteiger partial charge in [-0.25, -0.2) is 5.43 Å². The van der Waals surface area contributed by atoms with Crippen molar-refractivity contribution >= 4 is 18.1 Å². The number of pyridine rings is 1. The van der Waals surface area contributed by atoms with Crippen molar-refractivity contribution in [3.63, 3.8) is 0 Å². The van der Waals surface area contributed by atoms with Gasteiger partial charge in [0.15, 0.2) is 0 Å². The van der Waals surface area contributed by atoms with E-state index >= 15 is 0 Å². The smallest absolute Gasteiger partial charge is 0.248 e. The molecule has 7 heteroatoms. The van der Waals surface area contributed by atoms with Gasteiger partial charge >= 0.3 is 0 Å². The van der Waals surface area contributed by atoms with Gasteiger partial charge in [-0.3, -0.25) is 4.98 Å². The molecule has 0 atom stereocenters. The lowest BCUT2D eigenvalue weighted by molar-refractivity contribution is 0.980. The molecule has 0 saturated carbocycles. The summed E-state index contributed by atoms with van der Waals surface area (Å²) in [7, 11) is 0. The molecule has 0 unspecified atom stereocenters. The Morgan fingerprint density at radius 3 is 2.88 bits per heavy atom. The van der Waals surface area contributed by atoms with Crippen LogP contribution in [-0.2, 0) is 0 Å². The largest absolute Gasteiger partial charge is 0.368 e. The number of aromatic nitrogens is 4. The number of rotatable bonds is 3. The van der Waals surface area contributed by atoms with Crippen LogP contribution in [-0.4, -0.2) is 26.2 Å². The van der Waals surface area contributed by atoms with E-state index in [4.69, 9.17) is 5.73 Å². The van der Waals surface area contributed by atoms with Crippen LogP contribution in [0.2, 0.25) is 0 Å². The highest BCUT2D eigenvalue weighted by atomic mass is 15.4. The van der Waals surface area contributed by atoms with Crippen molar-refractivity contribution in [1.82, 2.24) is 19.9 Å². The second-order valence-electron chi connectivity index (χ2n) is 3.19. The van der Waals surface area contributed by atoms with Gasteiger partial charge in [0.05, 0.1) is 11.9 Å². The van der Waals surface area contributed by atoms with Gasteiger partial charge in [0, 0.05) is 6.20 Å². The summed E-state index contributed by atoms with van der Waals surface area (Å²) in [5, 5.41) is 3.95. The van der Waals surface area contributed by atoms with Crippen molar-refractivity contribution in [2.75, 3.05) is 11.2 Å². The molecule has 0 aliphatic rings. The third-order valence-corrected chi connectivity index (χ3v) is 1.81. The van der Waals surface area contributed by atoms with Crippen LogP contribution in [0.3, 0.4) is 0 Å². The number of anilines is 2. The standard InChI is InChI=1S/C10H11N7/c1-7-14-9(11)16-10(15-7)17-13-6-8-4-2-3-5-12-8/h2-6H,1H3,(H3,11,14,15,16,17). The quantitative estimate of drug-likeness (QED) is 0.590. The Morgan fingerprint density at radius 1 is 1.29 bits per heavy atom. The molecule has 0 aliphatic heterocycles. The van der Waals surface area contributed by atoms with Crippen LogP contribution < -0.4 is 11.2 Å².